The molecule has 0 aliphatic heterocycles. The maximum atomic E-state index is 12.3. The van der Waals surface area contributed by atoms with E-state index in [2.05, 4.69) is 10.6 Å². The number of hydrogen-bond acceptors (Lipinski definition) is 4. The number of carbonyl (C=O) groups is 3. The average molecular weight is 315 g/mol. The monoisotopic (exact) mass is 315 g/mol. The Kier molecular flexibility index (Phi) is 8.08. The van der Waals surface area contributed by atoms with Crippen LogP contribution in [0, 0.1) is 17.8 Å². The van der Waals surface area contributed by atoms with E-state index in [1.165, 1.54) is 0 Å². The molecule has 0 aliphatic carbocycles. The summed E-state index contributed by atoms with van der Waals surface area (Å²) in [7, 11) is 0. The number of carboxylic acids is 1. The summed E-state index contributed by atoms with van der Waals surface area (Å²) in [5.41, 5.74) is 5.77. The topological polar surface area (TPSA) is 122 Å². The Balaban J connectivity index is 4.99. The molecule has 0 aromatic carbocycles. The maximum absolute atomic E-state index is 12.3. The highest BCUT2D eigenvalue weighted by molar-refractivity contribution is 5.92. The highest BCUT2D eigenvalue weighted by Gasteiger charge is 2.31. The van der Waals surface area contributed by atoms with E-state index < -0.39 is 35.9 Å². The molecular weight excluding hydrogens is 286 g/mol. The molecule has 128 valence electrons. The lowest BCUT2D eigenvalue weighted by atomic mass is 9.98. The number of hydrogen-bond donors (Lipinski definition) is 4. The number of aliphatic carboxylic acids is 1. The highest BCUT2D eigenvalue weighted by Crippen LogP contribution is 2.08. The molecule has 5 N–H and O–H groups in total. The molecule has 7 heteroatoms. The Morgan fingerprint density at radius 1 is 0.773 bits per heavy atom. The van der Waals surface area contributed by atoms with Crippen molar-refractivity contribution in [2.75, 3.05) is 0 Å². The zero-order valence-electron chi connectivity index (χ0n) is 14.2. The van der Waals surface area contributed by atoms with Crippen LogP contribution in [0.5, 0.6) is 0 Å². The highest BCUT2D eigenvalue weighted by atomic mass is 16.4. The minimum atomic E-state index is -1.10. The Hall–Kier alpha value is -1.63. The number of nitrogens with two attached hydrogens (primary N) is 1. The molecule has 3 atom stereocenters. The summed E-state index contributed by atoms with van der Waals surface area (Å²) in [5, 5.41) is 14.2. The van der Waals surface area contributed by atoms with Crippen molar-refractivity contribution in [2.45, 2.75) is 59.7 Å². The van der Waals surface area contributed by atoms with Gasteiger partial charge < -0.3 is 21.5 Å². The molecule has 7 nitrogen and oxygen atoms in total. The Bertz CT molecular complexity index is 408. The standard InChI is InChI=1S/C15H29N3O4/c1-7(2)10(16)13(19)17-11(8(3)4)14(20)18-12(9(5)6)15(21)22/h7-12H,16H2,1-6H3,(H,17,19)(H,18,20)(H,21,22)/t10-,11+,12+/m0/s1. The van der Waals surface area contributed by atoms with Gasteiger partial charge in [-0.3, -0.25) is 9.59 Å². The van der Waals surface area contributed by atoms with Crippen molar-refractivity contribution in [1.29, 1.82) is 0 Å². The third kappa shape index (κ3) is 6.01. The molecule has 0 fully saturated rings. The lowest BCUT2D eigenvalue weighted by molar-refractivity contribution is -0.143. The van der Waals surface area contributed by atoms with E-state index >= 15 is 0 Å². The second-order valence-electron chi connectivity index (χ2n) is 6.57. The molecule has 0 aliphatic rings. The van der Waals surface area contributed by atoms with Gasteiger partial charge in [-0.2, -0.15) is 0 Å². The summed E-state index contributed by atoms with van der Waals surface area (Å²) >= 11 is 0. The van der Waals surface area contributed by atoms with Crippen LogP contribution in [0.25, 0.3) is 0 Å². The minimum absolute atomic E-state index is 0.0571. The summed E-state index contributed by atoms with van der Waals surface area (Å²) in [4.78, 5) is 35.5. The van der Waals surface area contributed by atoms with Crippen molar-refractivity contribution in [1.82, 2.24) is 10.6 Å². The van der Waals surface area contributed by atoms with E-state index in [1.54, 1.807) is 27.7 Å². The van der Waals surface area contributed by atoms with Gasteiger partial charge in [-0.15, -0.1) is 0 Å². The lowest BCUT2D eigenvalue weighted by Crippen LogP contribution is -2.57. The van der Waals surface area contributed by atoms with Crippen molar-refractivity contribution in [3.05, 3.63) is 0 Å². The van der Waals surface area contributed by atoms with Gasteiger partial charge in [-0.05, 0) is 17.8 Å². The predicted molar refractivity (Wildman–Crippen MR) is 84.0 cm³/mol. The molecule has 0 heterocycles. The fourth-order valence-electron chi connectivity index (χ4n) is 1.84. The smallest absolute Gasteiger partial charge is 0.326 e. The predicted octanol–water partition coefficient (Wildman–Crippen LogP) is 0.336. The van der Waals surface area contributed by atoms with Crippen LogP contribution in [-0.4, -0.2) is 41.0 Å². The first-order chi connectivity index (χ1) is 9.98. The summed E-state index contributed by atoms with van der Waals surface area (Å²) < 4.78 is 0. The van der Waals surface area contributed by atoms with Gasteiger partial charge in [0, 0.05) is 0 Å². The third-order valence-electron chi connectivity index (χ3n) is 3.50. The number of carbonyl (C=O) groups excluding carboxylic acids is 2. The number of carboxylic acid groups (broad SMARTS) is 1. The van der Waals surface area contributed by atoms with Crippen LogP contribution >= 0.6 is 0 Å². The average Bonchev–Trinajstić information content (AvgIpc) is 2.39. The van der Waals surface area contributed by atoms with Gasteiger partial charge in [-0.1, -0.05) is 41.5 Å². The number of rotatable bonds is 8. The van der Waals surface area contributed by atoms with Crippen LogP contribution < -0.4 is 16.4 Å². The van der Waals surface area contributed by atoms with Gasteiger partial charge in [0.1, 0.15) is 12.1 Å². The zero-order valence-corrected chi connectivity index (χ0v) is 14.2. The number of amides is 2. The third-order valence-corrected chi connectivity index (χ3v) is 3.50. The first kappa shape index (κ1) is 20.4. The Labute approximate surface area is 132 Å². The second-order valence-corrected chi connectivity index (χ2v) is 6.57. The summed E-state index contributed by atoms with van der Waals surface area (Å²) in [5.74, 6) is -2.54. The van der Waals surface area contributed by atoms with Gasteiger partial charge >= 0.3 is 5.97 Å². The van der Waals surface area contributed by atoms with E-state index in [-0.39, 0.29) is 17.8 Å². The quantitative estimate of drug-likeness (QED) is 0.514. The van der Waals surface area contributed by atoms with Crippen molar-refractivity contribution < 1.29 is 19.5 Å². The molecule has 0 bridgehead atoms. The van der Waals surface area contributed by atoms with Crippen LogP contribution in [0.4, 0.5) is 0 Å². The molecule has 0 aromatic heterocycles. The van der Waals surface area contributed by atoms with Crippen LogP contribution in [0.3, 0.4) is 0 Å². The largest absolute Gasteiger partial charge is 0.480 e. The minimum Gasteiger partial charge on any atom is -0.480 e. The molecule has 0 saturated heterocycles. The Morgan fingerprint density at radius 2 is 1.18 bits per heavy atom. The first-order valence-corrected chi connectivity index (χ1v) is 7.58. The van der Waals surface area contributed by atoms with Crippen LogP contribution in [-0.2, 0) is 14.4 Å². The van der Waals surface area contributed by atoms with Crippen LogP contribution in [0.1, 0.15) is 41.5 Å². The molecule has 0 spiro atoms. The van der Waals surface area contributed by atoms with Crippen molar-refractivity contribution in [3.8, 4) is 0 Å². The van der Waals surface area contributed by atoms with E-state index in [0.29, 0.717) is 0 Å². The van der Waals surface area contributed by atoms with Crippen molar-refractivity contribution in [3.63, 3.8) is 0 Å². The van der Waals surface area contributed by atoms with Crippen LogP contribution in [0.2, 0.25) is 0 Å². The molecular formula is C15H29N3O4. The summed E-state index contributed by atoms with van der Waals surface area (Å²) in [6.07, 6.45) is 0. The maximum Gasteiger partial charge on any atom is 0.326 e. The number of nitrogens with one attached hydrogen (secondary N) is 2. The van der Waals surface area contributed by atoms with Gasteiger partial charge in [0.15, 0.2) is 0 Å². The van der Waals surface area contributed by atoms with E-state index in [1.807, 2.05) is 13.8 Å². The lowest BCUT2D eigenvalue weighted by Gasteiger charge is -2.27. The molecule has 0 saturated carbocycles. The second kappa shape index (κ2) is 8.73. The molecule has 0 radical (unpaired) electrons. The van der Waals surface area contributed by atoms with E-state index in [9.17, 15) is 14.4 Å². The SMILES string of the molecule is CC(C)[C@H](N)C(=O)N[C@@H](C(=O)N[C@@H](C(=O)O)C(C)C)C(C)C. The fourth-order valence-corrected chi connectivity index (χ4v) is 1.84. The molecule has 0 unspecified atom stereocenters. The Morgan fingerprint density at radius 3 is 1.50 bits per heavy atom. The zero-order chi connectivity index (χ0) is 17.6. The van der Waals surface area contributed by atoms with E-state index in [4.69, 9.17) is 10.8 Å². The first-order valence-electron chi connectivity index (χ1n) is 7.58. The molecule has 0 aromatic rings. The van der Waals surface area contributed by atoms with Crippen molar-refractivity contribution >= 4 is 17.8 Å². The van der Waals surface area contributed by atoms with Gasteiger partial charge in [0.05, 0.1) is 6.04 Å². The molecule has 22 heavy (non-hydrogen) atoms. The summed E-state index contributed by atoms with van der Waals surface area (Å²) in [6, 6.07) is -2.53. The van der Waals surface area contributed by atoms with Crippen molar-refractivity contribution in [2.24, 2.45) is 23.5 Å². The van der Waals surface area contributed by atoms with Gasteiger partial charge in [0.2, 0.25) is 11.8 Å². The molecule has 0 rings (SSSR count). The molecule has 2 amide bonds. The van der Waals surface area contributed by atoms with Gasteiger partial charge in [-0.25, -0.2) is 4.79 Å². The van der Waals surface area contributed by atoms with Gasteiger partial charge in [0.25, 0.3) is 0 Å². The summed E-state index contributed by atoms with van der Waals surface area (Å²) in [6.45, 7) is 10.6. The normalized spacial score (nSPS) is 15.5. The van der Waals surface area contributed by atoms with Crippen LogP contribution in [0.15, 0.2) is 0 Å². The van der Waals surface area contributed by atoms with E-state index in [0.717, 1.165) is 0 Å². The fraction of sp³-hybridized carbons (Fsp3) is 0.800.